The molecule has 0 bridgehead atoms. The number of alkyl halides is 3. The van der Waals surface area contributed by atoms with E-state index in [9.17, 15) is 22.8 Å². The maximum Gasteiger partial charge on any atom is 0.394 e. The van der Waals surface area contributed by atoms with E-state index in [1.807, 2.05) is 0 Å². The molecule has 1 N–H and O–H groups in total. The summed E-state index contributed by atoms with van der Waals surface area (Å²) in [6.45, 7) is 2.93. The fourth-order valence-corrected chi connectivity index (χ4v) is 4.12. The van der Waals surface area contributed by atoms with E-state index >= 15 is 0 Å². The fraction of sp³-hybridized carbons (Fsp3) is 0.368. The van der Waals surface area contributed by atoms with E-state index < -0.39 is 23.5 Å². The Morgan fingerprint density at radius 2 is 1.96 bits per heavy atom. The standard InChI is InChI=1S/C19H19F3N2O2S/c1-18(2)15(19(20,21)22)8-9-24(18)17(26)12-5-3-6-13(11-12)23-16(25)14-7-4-10-27-14/h3-7,10-11,15H,8-9H2,1-2H3,(H,23,25). The van der Waals surface area contributed by atoms with E-state index in [0.29, 0.717) is 10.6 Å². The Bertz CT molecular complexity index is 847. The van der Waals surface area contributed by atoms with Crippen molar-refractivity contribution >= 4 is 28.8 Å². The summed E-state index contributed by atoms with van der Waals surface area (Å²) in [4.78, 5) is 26.8. The van der Waals surface area contributed by atoms with Crippen LogP contribution in [0.15, 0.2) is 41.8 Å². The minimum Gasteiger partial charge on any atom is -0.333 e. The lowest BCUT2D eigenvalue weighted by molar-refractivity contribution is -0.189. The number of rotatable bonds is 3. The minimum atomic E-state index is -4.35. The third-order valence-corrected chi connectivity index (χ3v) is 5.81. The van der Waals surface area contributed by atoms with E-state index in [0.717, 1.165) is 0 Å². The van der Waals surface area contributed by atoms with Gasteiger partial charge < -0.3 is 10.2 Å². The highest BCUT2D eigenvalue weighted by molar-refractivity contribution is 7.12. The number of nitrogens with one attached hydrogen (secondary N) is 1. The van der Waals surface area contributed by atoms with Gasteiger partial charge in [-0.15, -0.1) is 11.3 Å². The number of anilines is 1. The molecule has 144 valence electrons. The maximum atomic E-state index is 13.3. The van der Waals surface area contributed by atoms with Crippen LogP contribution in [0.5, 0.6) is 0 Å². The zero-order valence-corrected chi connectivity index (χ0v) is 15.7. The lowest BCUT2D eigenvalue weighted by Crippen LogP contribution is -2.49. The normalized spacial score (nSPS) is 19.1. The highest BCUT2D eigenvalue weighted by Crippen LogP contribution is 2.45. The van der Waals surface area contributed by atoms with Crippen molar-refractivity contribution in [2.24, 2.45) is 5.92 Å². The summed E-state index contributed by atoms with van der Waals surface area (Å²) in [5.74, 6) is -2.33. The second kappa shape index (κ2) is 6.99. The van der Waals surface area contributed by atoms with Crippen LogP contribution in [-0.4, -0.2) is 35.0 Å². The highest BCUT2D eigenvalue weighted by Gasteiger charge is 2.56. The number of benzene rings is 1. The number of nitrogens with zero attached hydrogens (tertiary/aromatic N) is 1. The third-order valence-electron chi connectivity index (χ3n) is 4.94. The third kappa shape index (κ3) is 3.85. The number of amides is 2. The van der Waals surface area contributed by atoms with E-state index in [1.54, 1.807) is 35.7 Å². The van der Waals surface area contributed by atoms with E-state index in [-0.39, 0.29) is 24.4 Å². The van der Waals surface area contributed by atoms with Crippen molar-refractivity contribution in [1.82, 2.24) is 4.90 Å². The van der Waals surface area contributed by atoms with Gasteiger partial charge in [0.05, 0.1) is 10.8 Å². The zero-order valence-electron chi connectivity index (χ0n) is 14.8. The molecule has 1 aliphatic rings. The summed E-state index contributed by atoms with van der Waals surface area (Å²) in [6.07, 6.45) is -4.47. The maximum absolute atomic E-state index is 13.3. The molecule has 0 saturated carbocycles. The topological polar surface area (TPSA) is 49.4 Å². The molecular weight excluding hydrogens is 377 g/mol. The summed E-state index contributed by atoms with van der Waals surface area (Å²) >= 11 is 1.29. The summed E-state index contributed by atoms with van der Waals surface area (Å²) in [5, 5.41) is 4.48. The first-order valence-electron chi connectivity index (χ1n) is 8.44. The molecule has 2 amide bonds. The van der Waals surface area contributed by atoms with Gasteiger partial charge in [-0.3, -0.25) is 9.59 Å². The van der Waals surface area contributed by atoms with Crippen LogP contribution < -0.4 is 5.32 Å². The number of halogens is 3. The molecule has 0 aliphatic carbocycles. The summed E-state index contributed by atoms with van der Waals surface area (Å²) in [5.41, 5.74) is -0.663. The highest BCUT2D eigenvalue weighted by atomic mass is 32.1. The van der Waals surface area contributed by atoms with Gasteiger partial charge in [-0.2, -0.15) is 13.2 Å². The van der Waals surface area contributed by atoms with Gasteiger partial charge in [0.25, 0.3) is 11.8 Å². The predicted octanol–water partition coefficient (Wildman–Crippen LogP) is 4.80. The molecule has 1 aromatic heterocycles. The first-order chi connectivity index (χ1) is 12.6. The molecule has 8 heteroatoms. The summed E-state index contributed by atoms with van der Waals surface area (Å²) in [6, 6.07) is 9.70. The molecule has 4 nitrogen and oxygen atoms in total. The van der Waals surface area contributed by atoms with Crippen molar-refractivity contribution in [3.05, 3.63) is 52.2 Å². The molecule has 1 aliphatic heterocycles. The largest absolute Gasteiger partial charge is 0.394 e. The van der Waals surface area contributed by atoms with Crippen molar-refractivity contribution < 1.29 is 22.8 Å². The molecule has 3 rings (SSSR count). The van der Waals surface area contributed by atoms with Crippen LogP contribution >= 0.6 is 11.3 Å². The monoisotopic (exact) mass is 396 g/mol. The summed E-state index contributed by atoms with van der Waals surface area (Å²) < 4.78 is 39.8. The van der Waals surface area contributed by atoms with Gasteiger partial charge in [0.15, 0.2) is 0 Å². The van der Waals surface area contributed by atoms with Gasteiger partial charge in [-0.1, -0.05) is 12.1 Å². The van der Waals surface area contributed by atoms with Gasteiger partial charge in [0, 0.05) is 23.3 Å². The molecule has 0 radical (unpaired) electrons. The van der Waals surface area contributed by atoms with Gasteiger partial charge in [0.2, 0.25) is 0 Å². The molecular formula is C19H19F3N2O2S. The first-order valence-corrected chi connectivity index (χ1v) is 9.32. The molecule has 2 heterocycles. The van der Waals surface area contributed by atoms with Crippen molar-refractivity contribution in [3.63, 3.8) is 0 Å². The molecule has 0 spiro atoms. The molecule has 1 fully saturated rings. The lowest BCUT2D eigenvalue weighted by Gasteiger charge is -2.36. The molecule has 27 heavy (non-hydrogen) atoms. The molecule has 2 aromatic rings. The van der Waals surface area contributed by atoms with Gasteiger partial charge >= 0.3 is 6.18 Å². The van der Waals surface area contributed by atoms with E-state index in [4.69, 9.17) is 0 Å². The first kappa shape index (κ1) is 19.4. The average molecular weight is 396 g/mol. The van der Waals surface area contributed by atoms with Crippen LogP contribution in [0, 0.1) is 5.92 Å². The van der Waals surface area contributed by atoms with Crippen LogP contribution in [0.25, 0.3) is 0 Å². The zero-order chi connectivity index (χ0) is 19.8. The van der Waals surface area contributed by atoms with Gasteiger partial charge in [-0.25, -0.2) is 0 Å². The van der Waals surface area contributed by atoms with Crippen LogP contribution in [-0.2, 0) is 0 Å². The molecule has 1 atom stereocenters. The van der Waals surface area contributed by atoms with E-state index in [2.05, 4.69) is 5.32 Å². The Morgan fingerprint density at radius 1 is 1.22 bits per heavy atom. The van der Waals surface area contributed by atoms with Crippen molar-refractivity contribution in [2.75, 3.05) is 11.9 Å². The number of carbonyl (C=O) groups is 2. The molecule has 1 aromatic carbocycles. The minimum absolute atomic E-state index is 0.0434. The Balaban J connectivity index is 1.79. The smallest absolute Gasteiger partial charge is 0.333 e. The fourth-order valence-electron chi connectivity index (χ4n) is 3.50. The van der Waals surface area contributed by atoms with Crippen molar-refractivity contribution in [2.45, 2.75) is 32.0 Å². The van der Waals surface area contributed by atoms with Gasteiger partial charge in [-0.05, 0) is 49.9 Å². The average Bonchev–Trinajstić information content (AvgIpc) is 3.21. The Kier molecular flexibility index (Phi) is 5.03. The Hall–Kier alpha value is -2.35. The van der Waals surface area contributed by atoms with Crippen molar-refractivity contribution in [1.29, 1.82) is 0 Å². The Morgan fingerprint density at radius 3 is 2.56 bits per heavy atom. The summed E-state index contributed by atoms with van der Waals surface area (Å²) in [7, 11) is 0. The second-order valence-electron chi connectivity index (χ2n) is 7.01. The number of hydrogen-bond acceptors (Lipinski definition) is 3. The number of hydrogen-bond donors (Lipinski definition) is 1. The predicted molar refractivity (Wildman–Crippen MR) is 98.0 cm³/mol. The number of carbonyl (C=O) groups excluding carboxylic acids is 2. The van der Waals surface area contributed by atoms with Crippen LogP contribution in [0.4, 0.5) is 18.9 Å². The van der Waals surface area contributed by atoms with Crippen LogP contribution in [0.3, 0.4) is 0 Å². The van der Waals surface area contributed by atoms with Crippen molar-refractivity contribution in [3.8, 4) is 0 Å². The van der Waals surface area contributed by atoms with Crippen LogP contribution in [0.1, 0.15) is 40.3 Å². The SMILES string of the molecule is CC1(C)C(C(F)(F)F)CCN1C(=O)c1cccc(NC(=O)c2cccs2)c1. The second-order valence-corrected chi connectivity index (χ2v) is 7.95. The van der Waals surface area contributed by atoms with Gasteiger partial charge in [0.1, 0.15) is 0 Å². The lowest BCUT2D eigenvalue weighted by atomic mass is 9.87. The Labute approximate surface area is 159 Å². The molecule has 1 saturated heterocycles. The number of likely N-dealkylation sites (tertiary alicyclic amines) is 1. The number of thiophene rings is 1. The van der Waals surface area contributed by atoms with E-state index in [1.165, 1.54) is 36.2 Å². The quantitative estimate of drug-likeness (QED) is 0.810. The van der Waals surface area contributed by atoms with Crippen LogP contribution in [0.2, 0.25) is 0 Å². The molecule has 1 unspecified atom stereocenters.